The van der Waals surface area contributed by atoms with Crippen molar-refractivity contribution in [2.75, 3.05) is 0 Å². The SMILES string of the molecule is C=CC(C)(C)[C@@H](O)c1cccs1. The van der Waals surface area contributed by atoms with Gasteiger partial charge in [-0.1, -0.05) is 26.0 Å². The molecule has 12 heavy (non-hydrogen) atoms. The summed E-state index contributed by atoms with van der Waals surface area (Å²) in [5.74, 6) is 0. The second-order valence-electron chi connectivity index (χ2n) is 3.44. The Hall–Kier alpha value is -0.600. The van der Waals surface area contributed by atoms with Crippen LogP contribution in [0.25, 0.3) is 0 Å². The number of aliphatic hydroxyl groups excluding tert-OH is 1. The smallest absolute Gasteiger partial charge is 0.0966 e. The van der Waals surface area contributed by atoms with E-state index in [0.717, 1.165) is 4.88 Å². The summed E-state index contributed by atoms with van der Waals surface area (Å²) in [4.78, 5) is 1.000. The molecule has 0 saturated carbocycles. The predicted molar refractivity (Wildman–Crippen MR) is 53.3 cm³/mol. The normalized spacial score (nSPS) is 14.2. The van der Waals surface area contributed by atoms with Crippen LogP contribution in [0.3, 0.4) is 0 Å². The average Bonchev–Trinajstić information content (AvgIpc) is 2.55. The Bertz CT molecular complexity index is 249. The van der Waals surface area contributed by atoms with Crippen molar-refractivity contribution in [1.29, 1.82) is 0 Å². The molecule has 1 rings (SSSR count). The Morgan fingerprint density at radius 2 is 2.33 bits per heavy atom. The van der Waals surface area contributed by atoms with E-state index in [0.29, 0.717) is 0 Å². The van der Waals surface area contributed by atoms with Crippen LogP contribution in [0.4, 0.5) is 0 Å². The molecule has 0 radical (unpaired) electrons. The molecule has 1 atom stereocenters. The number of aliphatic hydroxyl groups is 1. The summed E-state index contributed by atoms with van der Waals surface area (Å²) in [5.41, 5.74) is -0.245. The Labute approximate surface area is 77.4 Å². The zero-order valence-electron chi connectivity index (χ0n) is 7.45. The van der Waals surface area contributed by atoms with E-state index in [2.05, 4.69) is 6.58 Å². The first-order valence-corrected chi connectivity index (χ1v) is 4.81. The zero-order chi connectivity index (χ0) is 9.19. The van der Waals surface area contributed by atoms with Crippen molar-refractivity contribution in [3.05, 3.63) is 35.0 Å². The Morgan fingerprint density at radius 3 is 2.75 bits per heavy atom. The van der Waals surface area contributed by atoms with E-state index in [4.69, 9.17) is 0 Å². The second-order valence-corrected chi connectivity index (χ2v) is 4.42. The van der Waals surface area contributed by atoms with Gasteiger partial charge >= 0.3 is 0 Å². The van der Waals surface area contributed by atoms with Gasteiger partial charge in [0.15, 0.2) is 0 Å². The molecule has 0 aliphatic carbocycles. The standard InChI is InChI=1S/C10H14OS/c1-4-10(2,3)9(11)8-6-5-7-12-8/h4-7,9,11H,1H2,2-3H3/t9-/m0/s1. The van der Waals surface area contributed by atoms with Crippen LogP contribution >= 0.6 is 11.3 Å². The molecule has 1 aromatic heterocycles. The Kier molecular flexibility index (Phi) is 2.70. The Balaban J connectivity index is 2.85. The van der Waals surface area contributed by atoms with Crippen LogP contribution < -0.4 is 0 Å². The van der Waals surface area contributed by atoms with E-state index in [1.54, 1.807) is 17.4 Å². The van der Waals surface area contributed by atoms with Crippen LogP contribution in [-0.4, -0.2) is 5.11 Å². The highest BCUT2D eigenvalue weighted by Crippen LogP contribution is 2.35. The molecule has 1 nitrogen and oxygen atoms in total. The zero-order valence-corrected chi connectivity index (χ0v) is 8.27. The van der Waals surface area contributed by atoms with Crippen LogP contribution in [-0.2, 0) is 0 Å². The van der Waals surface area contributed by atoms with Gasteiger partial charge in [0, 0.05) is 10.3 Å². The highest BCUT2D eigenvalue weighted by Gasteiger charge is 2.26. The minimum Gasteiger partial charge on any atom is -0.387 e. The van der Waals surface area contributed by atoms with Gasteiger partial charge in [-0.2, -0.15) is 0 Å². The topological polar surface area (TPSA) is 20.2 Å². The van der Waals surface area contributed by atoms with Gasteiger partial charge < -0.3 is 5.11 Å². The quantitative estimate of drug-likeness (QED) is 0.712. The molecule has 0 bridgehead atoms. The molecule has 0 fully saturated rings. The van der Waals surface area contributed by atoms with Crippen molar-refractivity contribution in [1.82, 2.24) is 0 Å². The summed E-state index contributed by atoms with van der Waals surface area (Å²) in [7, 11) is 0. The van der Waals surface area contributed by atoms with Gasteiger partial charge in [-0.3, -0.25) is 0 Å². The third-order valence-corrected chi connectivity index (χ3v) is 2.97. The van der Waals surface area contributed by atoms with Crippen molar-refractivity contribution in [2.45, 2.75) is 20.0 Å². The molecule has 1 N–H and O–H groups in total. The number of rotatable bonds is 3. The van der Waals surface area contributed by atoms with Crippen molar-refractivity contribution in [2.24, 2.45) is 5.41 Å². The lowest BCUT2D eigenvalue weighted by Crippen LogP contribution is -2.17. The first-order chi connectivity index (χ1) is 5.58. The molecular formula is C10H14OS. The molecule has 0 saturated heterocycles. The third kappa shape index (κ3) is 1.76. The van der Waals surface area contributed by atoms with Gasteiger partial charge in [-0.15, -0.1) is 17.9 Å². The van der Waals surface area contributed by atoms with Crippen molar-refractivity contribution in [3.8, 4) is 0 Å². The second kappa shape index (κ2) is 3.42. The molecule has 2 heteroatoms. The van der Waals surface area contributed by atoms with E-state index in [1.807, 2.05) is 31.4 Å². The van der Waals surface area contributed by atoms with Crippen molar-refractivity contribution < 1.29 is 5.11 Å². The summed E-state index contributed by atoms with van der Waals surface area (Å²) >= 11 is 1.58. The minimum absolute atomic E-state index is 0.245. The van der Waals surface area contributed by atoms with E-state index >= 15 is 0 Å². The number of hydrogen-bond acceptors (Lipinski definition) is 2. The summed E-state index contributed by atoms with van der Waals surface area (Å²) in [6.07, 6.45) is 1.35. The maximum atomic E-state index is 9.88. The van der Waals surface area contributed by atoms with Gasteiger partial charge in [0.1, 0.15) is 0 Å². The molecule has 0 unspecified atom stereocenters. The molecule has 66 valence electrons. The lowest BCUT2D eigenvalue weighted by Gasteiger charge is -2.25. The van der Waals surface area contributed by atoms with Crippen molar-refractivity contribution >= 4 is 11.3 Å². The van der Waals surface area contributed by atoms with Gasteiger partial charge in [0.05, 0.1) is 6.10 Å². The van der Waals surface area contributed by atoms with E-state index in [1.165, 1.54) is 0 Å². The van der Waals surface area contributed by atoms with Gasteiger partial charge in [0.2, 0.25) is 0 Å². The molecule has 0 aromatic carbocycles. The van der Waals surface area contributed by atoms with Crippen LogP contribution in [0, 0.1) is 5.41 Å². The highest BCUT2D eigenvalue weighted by molar-refractivity contribution is 7.10. The lowest BCUT2D eigenvalue weighted by atomic mass is 9.86. The average molecular weight is 182 g/mol. The molecule has 0 spiro atoms. The van der Waals surface area contributed by atoms with Crippen LogP contribution in [0.5, 0.6) is 0 Å². The fourth-order valence-electron chi connectivity index (χ4n) is 0.925. The van der Waals surface area contributed by atoms with Crippen LogP contribution in [0.15, 0.2) is 30.2 Å². The summed E-state index contributed by atoms with van der Waals surface area (Å²) in [5, 5.41) is 11.8. The van der Waals surface area contributed by atoms with E-state index < -0.39 is 6.10 Å². The highest BCUT2D eigenvalue weighted by atomic mass is 32.1. The molecule has 1 aromatic rings. The van der Waals surface area contributed by atoms with E-state index in [9.17, 15) is 5.11 Å². The van der Waals surface area contributed by atoms with Gasteiger partial charge in [-0.05, 0) is 11.4 Å². The maximum absolute atomic E-state index is 9.88. The molecule has 0 amide bonds. The molecule has 1 heterocycles. The van der Waals surface area contributed by atoms with Crippen LogP contribution in [0.1, 0.15) is 24.8 Å². The third-order valence-electron chi connectivity index (χ3n) is 2.04. The lowest BCUT2D eigenvalue weighted by molar-refractivity contribution is 0.0855. The molecule has 0 aliphatic heterocycles. The summed E-state index contributed by atoms with van der Waals surface area (Å²) in [6, 6.07) is 3.89. The predicted octanol–water partition coefficient (Wildman–Crippen LogP) is 2.99. The maximum Gasteiger partial charge on any atom is 0.0966 e. The summed E-state index contributed by atoms with van der Waals surface area (Å²) < 4.78 is 0. The largest absolute Gasteiger partial charge is 0.387 e. The molecule has 0 aliphatic rings. The number of thiophene rings is 1. The Morgan fingerprint density at radius 1 is 1.67 bits per heavy atom. The summed E-state index contributed by atoms with van der Waals surface area (Å²) in [6.45, 7) is 7.66. The van der Waals surface area contributed by atoms with Crippen LogP contribution in [0.2, 0.25) is 0 Å². The van der Waals surface area contributed by atoms with Gasteiger partial charge in [0.25, 0.3) is 0 Å². The van der Waals surface area contributed by atoms with E-state index in [-0.39, 0.29) is 5.41 Å². The number of hydrogen-bond donors (Lipinski definition) is 1. The minimum atomic E-state index is -0.435. The fraction of sp³-hybridized carbons (Fsp3) is 0.400. The fourth-order valence-corrected chi connectivity index (χ4v) is 1.83. The monoisotopic (exact) mass is 182 g/mol. The van der Waals surface area contributed by atoms with Crippen molar-refractivity contribution in [3.63, 3.8) is 0 Å². The molecular weight excluding hydrogens is 168 g/mol. The first kappa shape index (κ1) is 9.49. The first-order valence-electron chi connectivity index (χ1n) is 3.93. The van der Waals surface area contributed by atoms with Gasteiger partial charge in [-0.25, -0.2) is 0 Å².